The predicted molar refractivity (Wildman–Crippen MR) is 65.6 cm³/mol. The van der Waals surface area contributed by atoms with Crippen LogP contribution in [0.1, 0.15) is 30.7 Å². The van der Waals surface area contributed by atoms with Crippen LogP contribution in [0.2, 0.25) is 0 Å². The number of Topliss-reactive ketones (excluding diaryl/α,β-unsaturated/α-hetero) is 1. The summed E-state index contributed by atoms with van der Waals surface area (Å²) in [5.74, 6) is 1.28. The van der Waals surface area contributed by atoms with Crippen molar-refractivity contribution < 1.29 is 14.3 Å². The first-order valence-electron chi connectivity index (χ1n) is 6.31. The second-order valence-corrected chi connectivity index (χ2v) is 4.89. The fraction of sp³-hybridized carbons (Fsp3) is 0.429. The first-order valence-corrected chi connectivity index (χ1v) is 6.31. The Labute approximate surface area is 106 Å². The summed E-state index contributed by atoms with van der Waals surface area (Å²) in [6, 6.07) is 7.66. The van der Waals surface area contributed by atoms with Crippen LogP contribution in [0.5, 0.6) is 5.75 Å². The fourth-order valence-electron chi connectivity index (χ4n) is 2.25. The van der Waals surface area contributed by atoms with E-state index in [1.165, 1.54) is 4.90 Å². The standard InChI is InChI=1S/C14H15NO3/c16-11-7-8-15(9-11)14(17)18-13-4-2-1-3-12(13)10-5-6-10/h1-4,10H,5-9H2. The Balaban J connectivity index is 1.72. The van der Waals surface area contributed by atoms with Crippen molar-refractivity contribution in [1.82, 2.24) is 4.90 Å². The van der Waals surface area contributed by atoms with E-state index in [4.69, 9.17) is 4.74 Å². The van der Waals surface area contributed by atoms with Gasteiger partial charge in [-0.05, 0) is 30.4 Å². The third kappa shape index (κ3) is 2.23. The topological polar surface area (TPSA) is 46.6 Å². The van der Waals surface area contributed by atoms with Gasteiger partial charge < -0.3 is 9.64 Å². The second-order valence-electron chi connectivity index (χ2n) is 4.89. The zero-order valence-electron chi connectivity index (χ0n) is 10.1. The van der Waals surface area contributed by atoms with E-state index in [2.05, 4.69) is 0 Å². The maximum Gasteiger partial charge on any atom is 0.415 e. The third-order valence-corrected chi connectivity index (χ3v) is 3.42. The lowest BCUT2D eigenvalue weighted by Gasteiger charge is -2.15. The van der Waals surface area contributed by atoms with Gasteiger partial charge in [-0.25, -0.2) is 4.79 Å². The Hall–Kier alpha value is -1.84. The second kappa shape index (κ2) is 4.44. The van der Waals surface area contributed by atoms with Crippen LogP contribution < -0.4 is 4.74 Å². The number of ketones is 1. The van der Waals surface area contributed by atoms with Crippen LogP contribution in [0, 0.1) is 0 Å². The molecule has 0 spiro atoms. The highest BCUT2D eigenvalue weighted by Gasteiger charge is 2.29. The van der Waals surface area contributed by atoms with Gasteiger partial charge in [0, 0.05) is 13.0 Å². The van der Waals surface area contributed by atoms with Crippen molar-refractivity contribution in [3.8, 4) is 5.75 Å². The number of amides is 1. The fourth-order valence-corrected chi connectivity index (χ4v) is 2.25. The highest BCUT2D eigenvalue weighted by Crippen LogP contribution is 2.44. The largest absolute Gasteiger partial charge is 0.415 e. The molecule has 1 aliphatic carbocycles. The normalized spacial score (nSPS) is 19.1. The van der Waals surface area contributed by atoms with Gasteiger partial charge in [-0.2, -0.15) is 0 Å². The summed E-state index contributed by atoms with van der Waals surface area (Å²) in [6.45, 7) is 0.660. The van der Waals surface area contributed by atoms with Crippen LogP contribution >= 0.6 is 0 Å². The molecule has 0 unspecified atom stereocenters. The van der Waals surface area contributed by atoms with Gasteiger partial charge in [0.25, 0.3) is 0 Å². The maximum atomic E-state index is 11.9. The molecule has 0 atom stereocenters. The first-order chi connectivity index (χ1) is 8.74. The van der Waals surface area contributed by atoms with E-state index in [1.54, 1.807) is 0 Å². The molecular weight excluding hydrogens is 230 g/mol. The molecule has 1 heterocycles. The Kier molecular flexibility index (Phi) is 2.78. The minimum Gasteiger partial charge on any atom is -0.410 e. The smallest absolute Gasteiger partial charge is 0.410 e. The minimum absolute atomic E-state index is 0.0995. The number of ether oxygens (including phenoxy) is 1. The quantitative estimate of drug-likeness (QED) is 0.803. The molecule has 4 heteroatoms. The molecule has 1 aromatic rings. The van der Waals surface area contributed by atoms with Gasteiger partial charge >= 0.3 is 6.09 Å². The average Bonchev–Trinajstić information content (AvgIpc) is 3.12. The predicted octanol–water partition coefficient (Wildman–Crippen LogP) is 2.34. The van der Waals surface area contributed by atoms with Crippen LogP contribution in [-0.2, 0) is 4.79 Å². The van der Waals surface area contributed by atoms with Crippen molar-refractivity contribution in [3.05, 3.63) is 29.8 Å². The van der Waals surface area contributed by atoms with Crippen molar-refractivity contribution >= 4 is 11.9 Å². The highest BCUT2D eigenvalue weighted by molar-refractivity contribution is 5.87. The lowest BCUT2D eigenvalue weighted by molar-refractivity contribution is -0.116. The molecule has 1 aliphatic heterocycles. The van der Waals surface area contributed by atoms with Crippen molar-refractivity contribution in [3.63, 3.8) is 0 Å². The monoisotopic (exact) mass is 245 g/mol. The first kappa shape index (κ1) is 11.3. The summed E-state index contributed by atoms with van der Waals surface area (Å²) < 4.78 is 5.41. The number of benzene rings is 1. The van der Waals surface area contributed by atoms with Gasteiger partial charge in [0.15, 0.2) is 5.78 Å². The minimum atomic E-state index is -0.408. The summed E-state index contributed by atoms with van der Waals surface area (Å²) in [4.78, 5) is 24.5. The van der Waals surface area contributed by atoms with E-state index in [9.17, 15) is 9.59 Å². The van der Waals surface area contributed by atoms with Crippen LogP contribution in [-0.4, -0.2) is 29.9 Å². The van der Waals surface area contributed by atoms with Crippen LogP contribution in [0.15, 0.2) is 24.3 Å². The molecule has 1 aromatic carbocycles. The molecule has 18 heavy (non-hydrogen) atoms. The van der Waals surface area contributed by atoms with Gasteiger partial charge in [-0.3, -0.25) is 4.79 Å². The summed E-state index contributed by atoms with van der Waals surface area (Å²) in [5.41, 5.74) is 1.11. The van der Waals surface area contributed by atoms with Gasteiger partial charge in [0.05, 0.1) is 6.54 Å². The van der Waals surface area contributed by atoms with E-state index in [-0.39, 0.29) is 12.3 Å². The third-order valence-electron chi connectivity index (χ3n) is 3.42. The van der Waals surface area contributed by atoms with E-state index in [1.807, 2.05) is 24.3 Å². The number of para-hydroxylation sites is 1. The number of nitrogens with zero attached hydrogens (tertiary/aromatic N) is 1. The zero-order valence-corrected chi connectivity index (χ0v) is 10.1. The lowest BCUT2D eigenvalue weighted by atomic mass is 10.1. The van der Waals surface area contributed by atoms with Crippen molar-refractivity contribution in [2.75, 3.05) is 13.1 Å². The molecule has 1 saturated heterocycles. The Bertz CT molecular complexity index is 494. The summed E-state index contributed by atoms with van der Waals surface area (Å²) in [6.07, 6.45) is 2.36. The Morgan fingerprint density at radius 3 is 2.72 bits per heavy atom. The van der Waals surface area contributed by atoms with Gasteiger partial charge in [0.1, 0.15) is 5.75 Å². The van der Waals surface area contributed by atoms with E-state index < -0.39 is 6.09 Å². The van der Waals surface area contributed by atoms with Crippen LogP contribution in [0.4, 0.5) is 4.79 Å². The van der Waals surface area contributed by atoms with Crippen molar-refractivity contribution in [1.29, 1.82) is 0 Å². The number of carbonyl (C=O) groups is 2. The number of hydrogen-bond acceptors (Lipinski definition) is 3. The van der Waals surface area contributed by atoms with Crippen LogP contribution in [0.3, 0.4) is 0 Å². The molecule has 2 fully saturated rings. The maximum absolute atomic E-state index is 11.9. The number of rotatable bonds is 2. The summed E-state index contributed by atoms with van der Waals surface area (Å²) in [5, 5.41) is 0. The molecule has 1 saturated carbocycles. The van der Waals surface area contributed by atoms with E-state index in [0.717, 1.165) is 18.4 Å². The highest BCUT2D eigenvalue weighted by atomic mass is 16.6. The molecule has 0 aromatic heterocycles. The molecule has 0 bridgehead atoms. The molecule has 1 amide bonds. The summed E-state index contributed by atoms with van der Waals surface area (Å²) >= 11 is 0. The lowest BCUT2D eigenvalue weighted by Crippen LogP contribution is -2.31. The van der Waals surface area contributed by atoms with Crippen molar-refractivity contribution in [2.45, 2.75) is 25.2 Å². The molecule has 94 valence electrons. The van der Waals surface area contributed by atoms with Gasteiger partial charge in [-0.1, -0.05) is 18.2 Å². The van der Waals surface area contributed by atoms with Crippen molar-refractivity contribution in [2.24, 2.45) is 0 Å². The molecular formula is C14H15NO3. The van der Waals surface area contributed by atoms with E-state index >= 15 is 0 Å². The zero-order chi connectivity index (χ0) is 12.5. The number of hydrogen-bond donors (Lipinski definition) is 0. The van der Waals surface area contributed by atoms with Gasteiger partial charge in [0.2, 0.25) is 0 Å². The Morgan fingerprint density at radius 2 is 2.06 bits per heavy atom. The molecule has 3 rings (SSSR count). The molecule has 0 radical (unpaired) electrons. The Morgan fingerprint density at radius 1 is 1.28 bits per heavy atom. The molecule has 2 aliphatic rings. The number of carbonyl (C=O) groups excluding carboxylic acids is 2. The average molecular weight is 245 g/mol. The SMILES string of the molecule is O=C1CCN(C(=O)Oc2ccccc2C2CC2)C1. The summed E-state index contributed by atoms with van der Waals surface area (Å²) in [7, 11) is 0. The molecule has 4 nitrogen and oxygen atoms in total. The van der Waals surface area contributed by atoms with Gasteiger partial charge in [-0.15, -0.1) is 0 Å². The number of likely N-dealkylation sites (tertiary alicyclic amines) is 1. The van der Waals surface area contributed by atoms with Crippen LogP contribution in [0.25, 0.3) is 0 Å². The molecule has 0 N–H and O–H groups in total. The van der Waals surface area contributed by atoms with E-state index in [0.29, 0.717) is 24.6 Å².